The molecule has 1 aromatic heterocycles. The van der Waals surface area contributed by atoms with Crippen molar-refractivity contribution in [1.82, 2.24) is 0 Å². The SMILES string of the molecule is c1ccc2c([S+]3C4CCCC3CCC4)csc2c1. The summed E-state index contributed by atoms with van der Waals surface area (Å²) in [7, 11) is 0.563. The molecule has 2 aliphatic heterocycles. The molecule has 0 amide bonds. The van der Waals surface area contributed by atoms with Gasteiger partial charge in [0.1, 0.15) is 10.5 Å². The molecule has 2 heteroatoms. The van der Waals surface area contributed by atoms with Crippen LogP contribution in [0.5, 0.6) is 0 Å². The Morgan fingerprint density at radius 2 is 1.61 bits per heavy atom. The van der Waals surface area contributed by atoms with Crippen LogP contribution in [0, 0.1) is 0 Å². The van der Waals surface area contributed by atoms with Crippen molar-refractivity contribution >= 4 is 32.3 Å². The van der Waals surface area contributed by atoms with Crippen molar-refractivity contribution in [3.8, 4) is 0 Å². The lowest BCUT2D eigenvalue weighted by Gasteiger charge is -2.34. The van der Waals surface area contributed by atoms with Gasteiger partial charge in [-0.1, -0.05) is 12.1 Å². The van der Waals surface area contributed by atoms with Gasteiger partial charge in [-0.25, -0.2) is 0 Å². The van der Waals surface area contributed by atoms with Crippen molar-refractivity contribution in [1.29, 1.82) is 0 Å². The molecule has 0 saturated carbocycles. The van der Waals surface area contributed by atoms with Crippen LogP contribution >= 0.6 is 11.3 Å². The summed E-state index contributed by atoms with van der Waals surface area (Å²) < 4.78 is 1.49. The third-order valence-electron chi connectivity index (χ3n) is 4.52. The highest BCUT2D eigenvalue weighted by Gasteiger charge is 2.46. The van der Waals surface area contributed by atoms with Crippen molar-refractivity contribution in [3.63, 3.8) is 0 Å². The van der Waals surface area contributed by atoms with Crippen molar-refractivity contribution in [2.45, 2.75) is 53.9 Å². The molecule has 0 spiro atoms. The third-order valence-corrected chi connectivity index (χ3v) is 8.86. The molecule has 0 atom stereocenters. The van der Waals surface area contributed by atoms with E-state index in [2.05, 4.69) is 29.6 Å². The predicted octanol–water partition coefficient (Wildman–Crippen LogP) is 4.98. The second-order valence-electron chi connectivity index (χ2n) is 5.57. The number of hydrogen-bond donors (Lipinski definition) is 0. The van der Waals surface area contributed by atoms with E-state index < -0.39 is 0 Å². The first-order chi connectivity index (χ1) is 8.93. The largest absolute Gasteiger partial charge is 0.173 e. The van der Waals surface area contributed by atoms with Gasteiger partial charge in [0.25, 0.3) is 0 Å². The first-order valence-electron chi connectivity index (χ1n) is 7.11. The summed E-state index contributed by atoms with van der Waals surface area (Å²) in [5.74, 6) is 0. The summed E-state index contributed by atoms with van der Waals surface area (Å²) in [5.41, 5.74) is 0. The Morgan fingerprint density at radius 1 is 0.944 bits per heavy atom. The lowest BCUT2D eigenvalue weighted by Crippen LogP contribution is -2.40. The molecule has 1 aromatic carbocycles. The van der Waals surface area contributed by atoms with Gasteiger partial charge >= 0.3 is 0 Å². The van der Waals surface area contributed by atoms with Gasteiger partial charge in [-0.2, -0.15) is 0 Å². The lowest BCUT2D eigenvalue weighted by atomic mass is 9.99. The summed E-state index contributed by atoms with van der Waals surface area (Å²) >= 11 is 1.95. The van der Waals surface area contributed by atoms with Crippen LogP contribution in [0.15, 0.2) is 34.5 Å². The van der Waals surface area contributed by atoms with Gasteiger partial charge in [-0.3, -0.25) is 0 Å². The topological polar surface area (TPSA) is 0 Å². The van der Waals surface area contributed by atoms with E-state index in [-0.39, 0.29) is 0 Å². The van der Waals surface area contributed by atoms with Gasteiger partial charge < -0.3 is 0 Å². The molecule has 2 bridgehead atoms. The number of benzene rings is 1. The smallest absolute Gasteiger partial charge is 0.138 e. The molecule has 0 unspecified atom stereocenters. The molecule has 0 radical (unpaired) electrons. The summed E-state index contributed by atoms with van der Waals surface area (Å²) in [6, 6.07) is 9.01. The normalized spacial score (nSPS) is 31.7. The third kappa shape index (κ3) is 1.73. The minimum absolute atomic E-state index is 0.563. The lowest BCUT2D eigenvalue weighted by molar-refractivity contribution is 0.481. The van der Waals surface area contributed by atoms with Crippen LogP contribution in [0.3, 0.4) is 0 Å². The highest BCUT2D eigenvalue weighted by Crippen LogP contribution is 2.45. The zero-order valence-electron chi connectivity index (χ0n) is 10.6. The molecule has 94 valence electrons. The summed E-state index contributed by atoms with van der Waals surface area (Å²) in [6.07, 6.45) is 8.93. The van der Waals surface area contributed by atoms with Gasteiger partial charge in [0.15, 0.2) is 4.90 Å². The van der Waals surface area contributed by atoms with Crippen molar-refractivity contribution < 1.29 is 0 Å². The van der Waals surface area contributed by atoms with E-state index in [1.807, 2.05) is 11.3 Å². The van der Waals surface area contributed by atoms with Gasteiger partial charge in [-0.15, -0.1) is 11.3 Å². The summed E-state index contributed by atoms with van der Waals surface area (Å²) in [6.45, 7) is 0. The Kier molecular flexibility index (Phi) is 2.89. The minimum atomic E-state index is 0.563. The average molecular weight is 275 g/mol. The molecule has 18 heavy (non-hydrogen) atoms. The van der Waals surface area contributed by atoms with Crippen LogP contribution in [-0.4, -0.2) is 10.5 Å². The van der Waals surface area contributed by atoms with Gasteiger partial charge in [0.2, 0.25) is 0 Å². The maximum absolute atomic E-state index is 2.48. The molecule has 0 nitrogen and oxygen atoms in total. The van der Waals surface area contributed by atoms with Crippen LogP contribution in [-0.2, 0) is 10.9 Å². The Hall–Kier alpha value is -0.470. The van der Waals surface area contributed by atoms with E-state index in [0.29, 0.717) is 10.9 Å². The fourth-order valence-electron chi connectivity index (χ4n) is 3.71. The molecule has 0 N–H and O–H groups in total. The van der Waals surface area contributed by atoms with Crippen LogP contribution in [0.2, 0.25) is 0 Å². The molecule has 4 rings (SSSR count). The fraction of sp³-hybridized carbons (Fsp3) is 0.500. The van der Waals surface area contributed by atoms with Crippen molar-refractivity contribution in [2.75, 3.05) is 0 Å². The first kappa shape index (κ1) is 11.4. The van der Waals surface area contributed by atoms with Gasteiger partial charge in [-0.05, 0) is 50.7 Å². The highest BCUT2D eigenvalue weighted by molar-refractivity contribution is 7.98. The van der Waals surface area contributed by atoms with E-state index >= 15 is 0 Å². The van der Waals surface area contributed by atoms with Crippen LogP contribution < -0.4 is 0 Å². The first-order valence-corrected chi connectivity index (χ1v) is 9.35. The van der Waals surface area contributed by atoms with Crippen LogP contribution in [0.1, 0.15) is 38.5 Å². The number of fused-ring (bicyclic) bond motifs is 3. The van der Waals surface area contributed by atoms with Gasteiger partial charge in [0.05, 0.1) is 0 Å². The van der Waals surface area contributed by atoms with E-state index in [1.54, 1.807) is 10.3 Å². The Labute approximate surface area is 116 Å². The fourth-order valence-corrected chi connectivity index (χ4v) is 8.56. The van der Waals surface area contributed by atoms with Crippen molar-refractivity contribution in [2.24, 2.45) is 0 Å². The predicted molar refractivity (Wildman–Crippen MR) is 82.7 cm³/mol. The molecule has 2 fully saturated rings. The average Bonchev–Trinajstić information content (AvgIpc) is 2.81. The van der Waals surface area contributed by atoms with E-state index in [4.69, 9.17) is 0 Å². The Morgan fingerprint density at radius 3 is 2.33 bits per heavy atom. The number of thiophene rings is 1. The molecular weight excluding hydrogens is 256 g/mol. The maximum atomic E-state index is 2.48. The standard InChI is InChI=1S/C16H19S2/c1-2-10-15-14(9-1)16(11-17-15)18-12-5-3-6-13(18)8-4-7-12/h1-2,9-13H,3-8H2/q+1. The zero-order valence-corrected chi connectivity index (χ0v) is 12.2. The molecule has 2 saturated heterocycles. The van der Waals surface area contributed by atoms with E-state index in [9.17, 15) is 0 Å². The number of hydrogen-bond acceptors (Lipinski definition) is 1. The van der Waals surface area contributed by atoms with Crippen LogP contribution in [0.4, 0.5) is 0 Å². The van der Waals surface area contributed by atoms with E-state index in [0.717, 1.165) is 10.5 Å². The van der Waals surface area contributed by atoms with E-state index in [1.165, 1.54) is 43.2 Å². The monoisotopic (exact) mass is 275 g/mol. The molecule has 3 heterocycles. The minimum Gasteiger partial charge on any atom is -0.138 e. The molecular formula is C16H19S2+. The second kappa shape index (κ2) is 4.57. The van der Waals surface area contributed by atoms with Crippen molar-refractivity contribution in [3.05, 3.63) is 29.6 Å². The van der Waals surface area contributed by atoms with Gasteiger partial charge in [0, 0.05) is 26.4 Å². The zero-order chi connectivity index (χ0) is 11.9. The Balaban J connectivity index is 1.81. The summed E-state index contributed by atoms with van der Waals surface area (Å²) in [5, 5.41) is 6.06. The maximum Gasteiger partial charge on any atom is 0.173 e. The number of rotatable bonds is 1. The molecule has 2 aromatic rings. The second-order valence-corrected chi connectivity index (χ2v) is 9.00. The summed E-state index contributed by atoms with van der Waals surface area (Å²) in [4.78, 5) is 1.71. The quantitative estimate of drug-likeness (QED) is 0.644. The highest BCUT2D eigenvalue weighted by atomic mass is 32.2. The molecule has 0 aliphatic carbocycles. The Bertz CT molecular complexity index is 535. The molecule has 2 aliphatic rings. The van der Waals surface area contributed by atoms with Crippen LogP contribution in [0.25, 0.3) is 10.1 Å².